The molecule has 0 bridgehead atoms. The van der Waals surface area contributed by atoms with Gasteiger partial charge in [0.05, 0.1) is 6.61 Å². The van der Waals surface area contributed by atoms with Gasteiger partial charge in [0.15, 0.2) is 0 Å². The molecular formula is C40H64N2O3. The van der Waals surface area contributed by atoms with E-state index >= 15 is 0 Å². The first-order valence-electron chi connectivity index (χ1n) is 18.5. The number of benzene rings is 1. The summed E-state index contributed by atoms with van der Waals surface area (Å²) in [7, 11) is 0. The van der Waals surface area contributed by atoms with Gasteiger partial charge in [-0.15, -0.1) is 0 Å². The van der Waals surface area contributed by atoms with Crippen LogP contribution in [0, 0.1) is 56.7 Å². The van der Waals surface area contributed by atoms with Crippen LogP contribution in [-0.2, 0) is 6.42 Å². The number of nitrogens with one attached hydrogen (secondary N) is 2. The van der Waals surface area contributed by atoms with E-state index in [1.54, 1.807) is 12.1 Å². The molecule has 45 heavy (non-hydrogen) atoms. The van der Waals surface area contributed by atoms with E-state index in [0.29, 0.717) is 64.9 Å². The lowest BCUT2D eigenvalue weighted by Crippen LogP contribution is -2.67. The Kier molecular flexibility index (Phi) is 9.11. The minimum absolute atomic E-state index is 0.0621. The second kappa shape index (κ2) is 12.2. The fraction of sp³-hybridized carbons (Fsp3) is 0.800. The predicted octanol–water partition coefficient (Wildman–Crippen LogP) is 7.10. The van der Waals surface area contributed by atoms with Crippen LogP contribution in [0.25, 0.3) is 0 Å². The molecule has 1 aromatic carbocycles. The van der Waals surface area contributed by atoms with Crippen molar-refractivity contribution in [2.24, 2.45) is 56.7 Å². The van der Waals surface area contributed by atoms with Gasteiger partial charge in [-0.25, -0.2) is 0 Å². The molecule has 0 saturated heterocycles. The highest BCUT2D eigenvalue weighted by Crippen LogP contribution is 2.77. The van der Waals surface area contributed by atoms with Crippen molar-refractivity contribution in [3.8, 4) is 5.75 Å². The number of aromatic hydroxyl groups is 1. The van der Waals surface area contributed by atoms with Gasteiger partial charge in [0, 0.05) is 25.7 Å². The maximum absolute atomic E-state index is 11.0. The molecule has 0 aliphatic heterocycles. The summed E-state index contributed by atoms with van der Waals surface area (Å²) in [5.41, 5.74) is 3.84. The van der Waals surface area contributed by atoms with Crippen LogP contribution < -0.4 is 10.6 Å². The van der Waals surface area contributed by atoms with Gasteiger partial charge in [-0.05, 0) is 152 Å². The van der Waals surface area contributed by atoms with Gasteiger partial charge in [0.1, 0.15) is 5.75 Å². The van der Waals surface area contributed by atoms with E-state index in [0.717, 1.165) is 31.8 Å². The summed E-state index contributed by atoms with van der Waals surface area (Å²) in [6.45, 7) is 20.8. The molecule has 5 fully saturated rings. The van der Waals surface area contributed by atoms with Crippen molar-refractivity contribution < 1.29 is 15.3 Å². The molecular weight excluding hydrogens is 556 g/mol. The molecule has 0 amide bonds. The van der Waals surface area contributed by atoms with Crippen molar-refractivity contribution in [3.05, 3.63) is 42.0 Å². The maximum atomic E-state index is 11.0. The molecule has 1 unspecified atom stereocenters. The molecule has 1 aromatic rings. The number of rotatable bonds is 10. The van der Waals surface area contributed by atoms with Crippen molar-refractivity contribution in [1.29, 1.82) is 0 Å². The van der Waals surface area contributed by atoms with Crippen LogP contribution in [0.15, 0.2) is 36.4 Å². The molecule has 5 heteroatoms. The number of fused-ring (bicyclic) bond motifs is 7. The van der Waals surface area contributed by atoms with Crippen LogP contribution in [0.3, 0.4) is 0 Å². The SMILES string of the molecule is C=C(CNCCc1ccc(O)cc1)[C@@H]1CC[C@]2(CO)CC[C@]3(C)[C@H](CC[C@@H]4[C@@]5(C)CCC(NCCO)C(C)(C)[C@@H]5CC[C@]43C)[C@@H]12. The lowest BCUT2D eigenvalue weighted by molar-refractivity contribution is -0.241. The first kappa shape index (κ1) is 33.5. The highest BCUT2D eigenvalue weighted by molar-refractivity contribution is 5.26. The van der Waals surface area contributed by atoms with Crippen LogP contribution in [0.1, 0.15) is 104 Å². The first-order valence-corrected chi connectivity index (χ1v) is 18.5. The number of phenols is 1. The zero-order valence-corrected chi connectivity index (χ0v) is 29.1. The Balaban J connectivity index is 1.20. The normalized spacial score (nSPS) is 43.5. The Hall–Kier alpha value is -1.40. The molecule has 5 aliphatic carbocycles. The summed E-state index contributed by atoms with van der Waals surface area (Å²) in [4.78, 5) is 0. The van der Waals surface area contributed by atoms with Gasteiger partial charge in [0.25, 0.3) is 0 Å². The van der Waals surface area contributed by atoms with Gasteiger partial charge in [-0.3, -0.25) is 0 Å². The molecule has 0 radical (unpaired) electrons. The van der Waals surface area contributed by atoms with Gasteiger partial charge in [-0.1, -0.05) is 58.9 Å². The number of phenolic OH excluding ortho intramolecular Hbond substituents is 1. The smallest absolute Gasteiger partial charge is 0.115 e. The summed E-state index contributed by atoms with van der Waals surface area (Å²) >= 11 is 0. The van der Waals surface area contributed by atoms with E-state index in [-0.39, 0.29) is 17.4 Å². The minimum atomic E-state index is 0.0621. The summed E-state index contributed by atoms with van der Waals surface area (Å²) < 4.78 is 0. The molecule has 0 aromatic heterocycles. The highest BCUT2D eigenvalue weighted by Gasteiger charge is 2.70. The predicted molar refractivity (Wildman–Crippen MR) is 184 cm³/mol. The highest BCUT2D eigenvalue weighted by atomic mass is 16.3. The van der Waals surface area contributed by atoms with Crippen LogP contribution in [0.5, 0.6) is 5.75 Å². The van der Waals surface area contributed by atoms with Crippen molar-refractivity contribution in [2.45, 2.75) is 111 Å². The van der Waals surface area contributed by atoms with Crippen molar-refractivity contribution >= 4 is 0 Å². The Bertz CT molecular complexity index is 1210. The van der Waals surface area contributed by atoms with Crippen molar-refractivity contribution in [2.75, 3.05) is 32.8 Å². The first-order chi connectivity index (χ1) is 21.4. The summed E-state index contributed by atoms with van der Waals surface area (Å²) in [5.74, 6) is 3.44. The van der Waals surface area contributed by atoms with Gasteiger partial charge >= 0.3 is 0 Å². The summed E-state index contributed by atoms with van der Waals surface area (Å²) in [5, 5.41) is 37.6. The molecule has 252 valence electrons. The maximum Gasteiger partial charge on any atom is 0.115 e. The van der Waals surface area contributed by atoms with E-state index in [9.17, 15) is 15.3 Å². The second-order valence-electron chi connectivity index (χ2n) is 17.7. The third-order valence-electron chi connectivity index (χ3n) is 15.9. The molecule has 5 nitrogen and oxygen atoms in total. The fourth-order valence-corrected chi connectivity index (χ4v) is 13.4. The molecule has 0 heterocycles. The van der Waals surface area contributed by atoms with Crippen LogP contribution in [0.4, 0.5) is 0 Å². The van der Waals surface area contributed by atoms with Gasteiger partial charge in [-0.2, -0.15) is 0 Å². The monoisotopic (exact) mass is 620 g/mol. The largest absolute Gasteiger partial charge is 0.508 e. The number of hydrogen-bond acceptors (Lipinski definition) is 5. The molecule has 0 spiro atoms. The van der Waals surface area contributed by atoms with Crippen molar-refractivity contribution in [1.82, 2.24) is 10.6 Å². The lowest BCUT2D eigenvalue weighted by Gasteiger charge is -2.73. The fourth-order valence-electron chi connectivity index (χ4n) is 13.4. The molecule has 5 N–H and O–H groups in total. The zero-order valence-electron chi connectivity index (χ0n) is 29.1. The Morgan fingerprint density at radius 3 is 2.29 bits per heavy atom. The van der Waals surface area contributed by atoms with Gasteiger partial charge in [0.2, 0.25) is 0 Å². The van der Waals surface area contributed by atoms with Crippen LogP contribution in [-0.4, -0.2) is 54.2 Å². The molecule has 6 rings (SSSR count). The number of hydrogen-bond donors (Lipinski definition) is 5. The van der Waals surface area contributed by atoms with Crippen molar-refractivity contribution in [3.63, 3.8) is 0 Å². The lowest BCUT2D eigenvalue weighted by atomic mass is 9.32. The van der Waals surface area contributed by atoms with E-state index in [4.69, 9.17) is 6.58 Å². The molecule has 5 saturated carbocycles. The zero-order chi connectivity index (χ0) is 32.3. The summed E-state index contributed by atoms with van der Waals surface area (Å²) in [6, 6.07) is 8.04. The van der Waals surface area contributed by atoms with E-state index in [2.05, 4.69) is 45.3 Å². The topological polar surface area (TPSA) is 84.8 Å². The summed E-state index contributed by atoms with van der Waals surface area (Å²) in [6.07, 6.45) is 13.5. The average molecular weight is 621 g/mol. The standard InChI is InChI=1S/C40H64N2O3/c1-27(25-41-22-16-28-7-9-29(45)10-8-28)30-13-19-40(26-44)21-20-38(5)31(35(30)40)11-12-33-37(4)17-15-34(42-23-24-43)36(2,3)32(37)14-18-39(33,38)6/h7-10,30-35,41-45H,1,11-26H2,2-6H3/t30-,31+,32-,33+,34?,35+,37-,38+,39+,40+/m0/s1. The van der Waals surface area contributed by atoms with Gasteiger partial charge < -0.3 is 26.0 Å². The Morgan fingerprint density at radius 2 is 1.58 bits per heavy atom. The third-order valence-corrected chi connectivity index (χ3v) is 15.9. The van der Waals surface area contributed by atoms with Crippen LogP contribution in [0.2, 0.25) is 0 Å². The molecule has 10 atom stereocenters. The molecule has 5 aliphatic rings. The number of aliphatic hydroxyl groups is 2. The second-order valence-corrected chi connectivity index (χ2v) is 17.7. The number of aliphatic hydroxyl groups excluding tert-OH is 2. The Morgan fingerprint density at radius 1 is 0.822 bits per heavy atom. The Labute approximate surface area is 274 Å². The van der Waals surface area contributed by atoms with Crippen LogP contribution >= 0.6 is 0 Å². The van der Waals surface area contributed by atoms with E-state index in [1.165, 1.54) is 68.9 Å². The minimum Gasteiger partial charge on any atom is -0.508 e. The van der Waals surface area contributed by atoms with E-state index < -0.39 is 0 Å². The average Bonchev–Trinajstić information content (AvgIpc) is 3.40. The third kappa shape index (κ3) is 5.25. The van der Waals surface area contributed by atoms with E-state index in [1.807, 2.05) is 12.1 Å². The quantitative estimate of drug-likeness (QED) is 0.142.